The van der Waals surface area contributed by atoms with E-state index in [4.69, 9.17) is 23.8 Å². The number of fused-ring (bicyclic) bond motifs is 9. The van der Waals surface area contributed by atoms with E-state index in [1.165, 1.54) is 21.9 Å². The third kappa shape index (κ3) is 6.45. The van der Waals surface area contributed by atoms with Crippen molar-refractivity contribution in [2.75, 3.05) is 0 Å². The standard InChI is InChI=1S/C63H38N4O2/c1-4-15-39(16-5-1)42-31-34-54-52(36-42)48-23-10-11-26-53(48)67(54)55-27-13-25-50-49-32-29-43(37-57(49)69-60(50)55)44-30-33-51-58(38-44)68-56-28-14-24-47(59(51)56)45-21-12-22-46(35-45)63-65-61(40-17-6-2-7-18-40)64-62(66-63)41-19-8-3-9-20-41/h1-38H. The topological polar surface area (TPSA) is 69.9 Å². The number of rotatable bonds is 7. The summed E-state index contributed by atoms with van der Waals surface area (Å²) < 4.78 is 15.9. The Hall–Kier alpha value is -9.39. The maximum absolute atomic E-state index is 6.90. The van der Waals surface area contributed by atoms with E-state index in [9.17, 15) is 0 Å². The Balaban J connectivity index is 0.840. The Morgan fingerprint density at radius 3 is 1.57 bits per heavy atom. The molecule has 4 heterocycles. The van der Waals surface area contributed by atoms with Gasteiger partial charge >= 0.3 is 0 Å². The van der Waals surface area contributed by atoms with E-state index in [1.54, 1.807) is 0 Å². The maximum atomic E-state index is 6.90. The predicted molar refractivity (Wildman–Crippen MR) is 281 cm³/mol. The minimum absolute atomic E-state index is 0.611. The Labute approximate surface area is 396 Å². The fraction of sp³-hybridized carbons (Fsp3) is 0. The second-order valence-electron chi connectivity index (χ2n) is 17.5. The molecule has 14 aromatic rings. The molecule has 6 nitrogen and oxygen atoms in total. The number of benzene rings is 10. The van der Waals surface area contributed by atoms with Crippen LogP contribution in [0.3, 0.4) is 0 Å². The van der Waals surface area contributed by atoms with Gasteiger partial charge in [-0.05, 0) is 94.0 Å². The summed E-state index contributed by atoms with van der Waals surface area (Å²) in [4.78, 5) is 14.9. The smallest absolute Gasteiger partial charge is 0.164 e. The lowest BCUT2D eigenvalue weighted by Crippen LogP contribution is -2.00. The van der Waals surface area contributed by atoms with Gasteiger partial charge in [-0.1, -0.05) is 170 Å². The highest BCUT2D eigenvalue weighted by Crippen LogP contribution is 2.42. The van der Waals surface area contributed by atoms with Gasteiger partial charge in [0.2, 0.25) is 0 Å². The second kappa shape index (κ2) is 15.6. The second-order valence-corrected chi connectivity index (χ2v) is 17.5. The Bertz CT molecular complexity index is 4250. The number of aromatic nitrogens is 4. The van der Waals surface area contributed by atoms with Crippen molar-refractivity contribution in [3.8, 4) is 73.2 Å². The van der Waals surface area contributed by atoms with Crippen LogP contribution in [0.5, 0.6) is 0 Å². The molecule has 0 amide bonds. The first kappa shape index (κ1) is 38.8. The van der Waals surface area contributed by atoms with Gasteiger partial charge in [-0.25, -0.2) is 15.0 Å². The molecule has 10 aromatic carbocycles. The van der Waals surface area contributed by atoms with Gasteiger partial charge in [-0.3, -0.25) is 0 Å². The monoisotopic (exact) mass is 882 g/mol. The summed E-state index contributed by atoms with van der Waals surface area (Å²) in [5.74, 6) is 1.87. The molecule has 322 valence electrons. The number of hydrogen-bond acceptors (Lipinski definition) is 5. The number of nitrogens with zero attached hydrogens (tertiary/aromatic N) is 4. The van der Waals surface area contributed by atoms with E-state index in [0.717, 1.165) is 99.5 Å². The zero-order valence-electron chi connectivity index (χ0n) is 37.0. The van der Waals surface area contributed by atoms with Gasteiger partial charge < -0.3 is 13.4 Å². The van der Waals surface area contributed by atoms with Crippen molar-refractivity contribution in [1.29, 1.82) is 0 Å². The summed E-state index contributed by atoms with van der Waals surface area (Å²) in [7, 11) is 0. The van der Waals surface area contributed by atoms with E-state index in [-0.39, 0.29) is 0 Å². The van der Waals surface area contributed by atoms with Crippen LogP contribution in [0.25, 0.3) is 139 Å². The van der Waals surface area contributed by atoms with Crippen molar-refractivity contribution in [3.05, 3.63) is 231 Å². The van der Waals surface area contributed by atoms with Gasteiger partial charge in [0.15, 0.2) is 23.1 Å². The van der Waals surface area contributed by atoms with Crippen molar-refractivity contribution in [1.82, 2.24) is 19.5 Å². The Morgan fingerprint density at radius 1 is 0.290 bits per heavy atom. The first-order chi connectivity index (χ1) is 34.2. The van der Waals surface area contributed by atoms with Gasteiger partial charge in [0.05, 0.1) is 16.7 Å². The van der Waals surface area contributed by atoms with E-state index in [2.05, 4.69) is 168 Å². The molecule has 0 radical (unpaired) electrons. The van der Waals surface area contributed by atoms with E-state index < -0.39 is 0 Å². The molecule has 4 aromatic heterocycles. The van der Waals surface area contributed by atoms with Gasteiger partial charge in [-0.2, -0.15) is 0 Å². The van der Waals surface area contributed by atoms with Crippen LogP contribution in [-0.2, 0) is 0 Å². The van der Waals surface area contributed by atoms with Crippen LogP contribution in [0.4, 0.5) is 0 Å². The summed E-state index contributed by atoms with van der Waals surface area (Å²) in [6, 6.07) is 80.3. The maximum Gasteiger partial charge on any atom is 0.164 e. The highest BCUT2D eigenvalue weighted by molar-refractivity contribution is 6.15. The number of hydrogen-bond donors (Lipinski definition) is 0. The Kier molecular flexibility index (Phi) is 8.79. The predicted octanol–water partition coefficient (Wildman–Crippen LogP) is 16.8. The SMILES string of the molecule is c1ccc(-c2ccc3c(c2)c2ccccc2n3-c2cccc3c2oc2cc(-c4ccc5c(c4)oc4cccc(-c6cccc(-c7nc(-c8ccccc8)nc(-c8ccccc8)n7)c6)c45)ccc23)cc1. The van der Waals surface area contributed by atoms with Gasteiger partial charge in [-0.15, -0.1) is 0 Å². The molecule has 14 rings (SSSR count). The minimum Gasteiger partial charge on any atom is -0.456 e. The summed E-state index contributed by atoms with van der Waals surface area (Å²) >= 11 is 0. The van der Waals surface area contributed by atoms with Crippen LogP contribution in [0.2, 0.25) is 0 Å². The van der Waals surface area contributed by atoms with Crippen LogP contribution in [0.1, 0.15) is 0 Å². The molecule has 0 N–H and O–H groups in total. The van der Waals surface area contributed by atoms with Crippen molar-refractivity contribution < 1.29 is 8.83 Å². The normalized spacial score (nSPS) is 11.8. The molecule has 0 saturated heterocycles. The lowest BCUT2D eigenvalue weighted by atomic mass is 9.96. The number of para-hydroxylation sites is 2. The Morgan fingerprint density at radius 2 is 0.826 bits per heavy atom. The molecular weight excluding hydrogens is 845 g/mol. The first-order valence-corrected chi connectivity index (χ1v) is 23.2. The minimum atomic E-state index is 0.611. The lowest BCUT2D eigenvalue weighted by Gasteiger charge is -2.10. The zero-order chi connectivity index (χ0) is 45.4. The molecule has 0 aliphatic heterocycles. The molecule has 0 fully saturated rings. The summed E-state index contributed by atoms with van der Waals surface area (Å²) in [6.45, 7) is 0. The molecule has 0 aliphatic rings. The molecular formula is C63H38N4O2. The van der Waals surface area contributed by atoms with Crippen molar-refractivity contribution >= 4 is 65.7 Å². The lowest BCUT2D eigenvalue weighted by molar-refractivity contribution is 0.666. The third-order valence-corrected chi connectivity index (χ3v) is 13.5. The van der Waals surface area contributed by atoms with Crippen LogP contribution < -0.4 is 0 Å². The quantitative estimate of drug-likeness (QED) is 0.159. The molecule has 0 spiro atoms. The van der Waals surface area contributed by atoms with E-state index >= 15 is 0 Å². The van der Waals surface area contributed by atoms with Crippen LogP contribution >= 0.6 is 0 Å². The van der Waals surface area contributed by atoms with Crippen molar-refractivity contribution in [2.45, 2.75) is 0 Å². The average molecular weight is 883 g/mol. The zero-order valence-corrected chi connectivity index (χ0v) is 37.0. The summed E-state index contributed by atoms with van der Waals surface area (Å²) in [5.41, 5.74) is 16.0. The van der Waals surface area contributed by atoms with Gasteiger partial charge in [0, 0.05) is 49.0 Å². The molecule has 0 aliphatic carbocycles. The fourth-order valence-corrected chi connectivity index (χ4v) is 10.2. The molecule has 0 saturated carbocycles. The highest BCUT2D eigenvalue weighted by atomic mass is 16.3. The van der Waals surface area contributed by atoms with Crippen LogP contribution in [0.15, 0.2) is 239 Å². The van der Waals surface area contributed by atoms with E-state index in [0.29, 0.717) is 17.5 Å². The summed E-state index contributed by atoms with van der Waals surface area (Å²) in [6.07, 6.45) is 0. The van der Waals surface area contributed by atoms with Crippen molar-refractivity contribution in [3.63, 3.8) is 0 Å². The molecule has 69 heavy (non-hydrogen) atoms. The van der Waals surface area contributed by atoms with Gasteiger partial charge in [0.1, 0.15) is 16.7 Å². The molecule has 0 unspecified atom stereocenters. The fourth-order valence-electron chi connectivity index (χ4n) is 10.2. The number of furan rings is 2. The van der Waals surface area contributed by atoms with Crippen LogP contribution in [-0.4, -0.2) is 19.5 Å². The average Bonchev–Trinajstić information content (AvgIpc) is 4.10. The van der Waals surface area contributed by atoms with Crippen LogP contribution in [0, 0.1) is 0 Å². The third-order valence-electron chi connectivity index (χ3n) is 13.5. The van der Waals surface area contributed by atoms with Crippen molar-refractivity contribution in [2.24, 2.45) is 0 Å². The van der Waals surface area contributed by atoms with E-state index in [1.807, 2.05) is 66.7 Å². The molecule has 6 heteroatoms. The van der Waals surface area contributed by atoms with Gasteiger partial charge in [0.25, 0.3) is 0 Å². The molecule has 0 bridgehead atoms. The first-order valence-electron chi connectivity index (χ1n) is 23.2. The largest absolute Gasteiger partial charge is 0.456 e. The molecule has 0 atom stereocenters. The summed E-state index contributed by atoms with van der Waals surface area (Å²) in [5, 5.41) is 6.67. The highest BCUT2D eigenvalue weighted by Gasteiger charge is 2.20.